The molecule has 0 fully saturated rings. The normalized spacial score (nSPS) is 13.6. The summed E-state index contributed by atoms with van der Waals surface area (Å²) in [5.41, 5.74) is 1.18. The van der Waals surface area contributed by atoms with Gasteiger partial charge in [0, 0.05) is 19.8 Å². The summed E-state index contributed by atoms with van der Waals surface area (Å²) in [5, 5.41) is 8.95. The van der Waals surface area contributed by atoms with Gasteiger partial charge in [0.1, 0.15) is 9.84 Å². The van der Waals surface area contributed by atoms with Crippen LogP contribution >= 0.6 is 0 Å². The van der Waals surface area contributed by atoms with Crippen molar-refractivity contribution in [2.45, 2.75) is 13.0 Å². The van der Waals surface area contributed by atoms with Crippen LogP contribution in [-0.4, -0.2) is 53.2 Å². The third-order valence-corrected chi connectivity index (χ3v) is 4.90. The van der Waals surface area contributed by atoms with Crippen molar-refractivity contribution in [1.29, 1.82) is 0 Å². The zero-order valence-electron chi connectivity index (χ0n) is 15.5. The first-order valence-electron chi connectivity index (χ1n) is 8.60. The summed E-state index contributed by atoms with van der Waals surface area (Å²) in [6.07, 6.45) is 1.20. The Morgan fingerprint density at radius 3 is 2.58 bits per heavy atom. The number of benzene rings is 2. The molecule has 26 heavy (non-hydrogen) atoms. The maximum absolute atomic E-state index is 11.0. The molecule has 7 heteroatoms. The fraction of sp³-hybridized carbons (Fsp3) is 0.421. The standard InChI is InChI=1S/C19H27N3O3S/c1-15(17-9-8-16-6-4-5-7-18(16)14-17)22-19(20-2)21-10-11-25-12-13-26(3,23)24/h4-9,14-15H,10-13H2,1-3H3,(H2,20,21,22). The third kappa shape index (κ3) is 6.65. The van der Waals surface area contributed by atoms with Gasteiger partial charge in [0.15, 0.2) is 5.96 Å². The van der Waals surface area contributed by atoms with Gasteiger partial charge in [-0.25, -0.2) is 8.42 Å². The summed E-state index contributed by atoms with van der Waals surface area (Å²) < 4.78 is 27.4. The van der Waals surface area contributed by atoms with E-state index in [1.54, 1.807) is 7.05 Å². The summed E-state index contributed by atoms with van der Waals surface area (Å²) in [5.74, 6) is 0.719. The average molecular weight is 378 g/mol. The number of guanidine groups is 1. The first-order valence-corrected chi connectivity index (χ1v) is 10.7. The van der Waals surface area contributed by atoms with Gasteiger partial charge in [-0.1, -0.05) is 36.4 Å². The minimum atomic E-state index is -2.98. The highest BCUT2D eigenvalue weighted by Gasteiger charge is 2.08. The van der Waals surface area contributed by atoms with Crippen LogP contribution in [0.4, 0.5) is 0 Å². The predicted molar refractivity (Wildman–Crippen MR) is 107 cm³/mol. The Morgan fingerprint density at radius 1 is 1.15 bits per heavy atom. The summed E-state index contributed by atoms with van der Waals surface area (Å²) in [4.78, 5) is 4.22. The van der Waals surface area contributed by atoms with Crippen molar-refractivity contribution in [3.05, 3.63) is 48.0 Å². The van der Waals surface area contributed by atoms with Crippen LogP contribution < -0.4 is 10.6 Å². The highest BCUT2D eigenvalue weighted by Crippen LogP contribution is 2.20. The fourth-order valence-corrected chi connectivity index (χ4v) is 2.93. The molecule has 142 valence electrons. The maximum Gasteiger partial charge on any atom is 0.191 e. The number of nitrogens with zero attached hydrogens (tertiary/aromatic N) is 1. The molecular weight excluding hydrogens is 350 g/mol. The lowest BCUT2D eigenvalue weighted by molar-refractivity contribution is 0.154. The number of rotatable bonds is 8. The molecule has 2 aromatic carbocycles. The predicted octanol–water partition coefficient (Wildman–Crippen LogP) is 2.13. The number of nitrogens with one attached hydrogen (secondary N) is 2. The molecular formula is C19H27N3O3S. The molecule has 0 saturated carbocycles. The minimum Gasteiger partial charge on any atom is -0.379 e. The molecule has 2 N–H and O–H groups in total. The van der Waals surface area contributed by atoms with E-state index in [1.165, 1.54) is 22.6 Å². The van der Waals surface area contributed by atoms with E-state index in [2.05, 4.69) is 52.9 Å². The molecule has 2 aromatic rings. The van der Waals surface area contributed by atoms with E-state index in [1.807, 2.05) is 12.1 Å². The van der Waals surface area contributed by atoms with Crippen LogP contribution in [0.2, 0.25) is 0 Å². The molecule has 0 spiro atoms. The zero-order chi connectivity index (χ0) is 19.0. The van der Waals surface area contributed by atoms with Gasteiger partial charge >= 0.3 is 0 Å². The molecule has 6 nitrogen and oxygen atoms in total. The highest BCUT2D eigenvalue weighted by atomic mass is 32.2. The summed E-state index contributed by atoms with van der Waals surface area (Å²) in [6, 6.07) is 14.8. The van der Waals surface area contributed by atoms with Gasteiger partial charge in [-0.05, 0) is 29.3 Å². The van der Waals surface area contributed by atoms with Crippen LogP contribution in [0.1, 0.15) is 18.5 Å². The molecule has 0 radical (unpaired) electrons. The monoisotopic (exact) mass is 377 g/mol. The van der Waals surface area contributed by atoms with Gasteiger partial charge in [-0.3, -0.25) is 4.99 Å². The molecule has 1 unspecified atom stereocenters. The van der Waals surface area contributed by atoms with Crippen LogP contribution in [0.5, 0.6) is 0 Å². The molecule has 0 heterocycles. The number of ether oxygens (including phenoxy) is 1. The minimum absolute atomic E-state index is 0.0406. The number of hydrogen-bond donors (Lipinski definition) is 2. The lowest BCUT2D eigenvalue weighted by atomic mass is 10.0. The second kappa shape index (κ2) is 9.54. The topological polar surface area (TPSA) is 79.8 Å². The molecule has 0 aliphatic carbocycles. The van der Waals surface area contributed by atoms with Gasteiger partial charge in [0.2, 0.25) is 0 Å². The van der Waals surface area contributed by atoms with Crippen molar-refractivity contribution < 1.29 is 13.2 Å². The number of fused-ring (bicyclic) bond motifs is 1. The van der Waals surface area contributed by atoms with Crippen LogP contribution in [0.25, 0.3) is 10.8 Å². The van der Waals surface area contributed by atoms with E-state index in [0.29, 0.717) is 19.1 Å². The van der Waals surface area contributed by atoms with Crippen LogP contribution in [-0.2, 0) is 14.6 Å². The van der Waals surface area contributed by atoms with Crippen LogP contribution in [0.15, 0.2) is 47.5 Å². The van der Waals surface area contributed by atoms with E-state index < -0.39 is 9.84 Å². The molecule has 0 aromatic heterocycles. The number of aliphatic imine (C=N–C) groups is 1. The van der Waals surface area contributed by atoms with Crippen LogP contribution in [0.3, 0.4) is 0 Å². The Labute approximate surface area is 155 Å². The largest absolute Gasteiger partial charge is 0.379 e. The van der Waals surface area contributed by atoms with Gasteiger partial charge in [-0.2, -0.15) is 0 Å². The lowest BCUT2D eigenvalue weighted by Gasteiger charge is -2.19. The Morgan fingerprint density at radius 2 is 1.88 bits per heavy atom. The molecule has 0 aliphatic heterocycles. The Bertz CT molecular complexity index is 850. The first-order chi connectivity index (χ1) is 12.4. The Kier molecular flexibility index (Phi) is 7.41. The highest BCUT2D eigenvalue weighted by molar-refractivity contribution is 7.90. The van der Waals surface area contributed by atoms with Gasteiger partial charge in [0.25, 0.3) is 0 Å². The van der Waals surface area contributed by atoms with E-state index >= 15 is 0 Å². The van der Waals surface area contributed by atoms with E-state index in [9.17, 15) is 8.42 Å². The van der Waals surface area contributed by atoms with E-state index in [4.69, 9.17) is 4.74 Å². The van der Waals surface area contributed by atoms with Crippen LogP contribution in [0, 0.1) is 0 Å². The summed E-state index contributed by atoms with van der Waals surface area (Å²) >= 11 is 0. The van der Waals surface area contributed by atoms with E-state index in [-0.39, 0.29) is 18.4 Å². The first kappa shape index (κ1) is 20.2. The van der Waals surface area contributed by atoms with Gasteiger partial charge in [0.05, 0.1) is 25.0 Å². The van der Waals surface area contributed by atoms with Crippen molar-refractivity contribution in [3.63, 3.8) is 0 Å². The zero-order valence-corrected chi connectivity index (χ0v) is 16.3. The Hall–Kier alpha value is -2.12. The number of sulfone groups is 1. The maximum atomic E-state index is 11.0. The Balaban J connectivity index is 1.81. The molecule has 2 rings (SSSR count). The third-order valence-electron chi connectivity index (χ3n) is 3.99. The lowest BCUT2D eigenvalue weighted by Crippen LogP contribution is -2.40. The summed E-state index contributed by atoms with van der Waals surface area (Å²) in [6.45, 7) is 3.26. The fourth-order valence-electron chi connectivity index (χ4n) is 2.51. The van der Waals surface area contributed by atoms with Gasteiger partial charge < -0.3 is 15.4 Å². The van der Waals surface area contributed by atoms with Crippen molar-refractivity contribution >= 4 is 26.6 Å². The average Bonchev–Trinajstić information content (AvgIpc) is 2.62. The van der Waals surface area contributed by atoms with Crippen molar-refractivity contribution in [3.8, 4) is 0 Å². The molecule has 0 bridgehead atoms. The van der Waals surface area contributed by atoms with Crippen molar-refractivity contribution in [2.24, 2.45) is 4.99 Å². The van der Waals surface area contributed by atoms with Crippen molar-refractivity contribution in [1.82, 2.24) is 10.6 Å². The van der Waals surface area contributed by atoms with Gasteiger partial charge in [-0.15, -0.1) is 0 Å². The quantitative estimate of drug-likeness (QED) is 0.418. The van der Waals surface area contributed by atoms with E-state index in [0.717, 1.165) is 0 Å². The van der Waals surface area contributed by atoms with Crippen molar-refractivity contribution in [2.75, 3.05) is 38.8 Å². The molecule has 0 aliphatic rings. The second-order valence-electron chi connectivity index (χ2n) is 6.21. The smallest absolute Gasteiger partial charge is 0.191 e. The SMILES string of the molecule is CN=C(NCCOCCS(C)(=O)=O)NC(C)c1ccc2ccccc2c1. The number of hydrogen-bond acceptors (Lipinski definition) is 4. The second-order valence-corrected chi connectivity index (χ2v) is 8.47. The molecule has 1 atom stereocenters. The summed E-state index contributed by atoms with van der Waals surface area (Å²) in [7, 11) is -1.26. The molecule has 0 amide bonds. The molecule has 0 saturated heterocycles.